The molecule has 0 radical (unpaired) electrons. The van der Waals surface area contributed by atoms with Gasteiger partial charge < -0.3 is 14.4 Å². The summed E-state index contributed by atoms with van der Waals surface area (Å²) in [6, 6.07) is 0. The molecule has 1 spiro atoms. The second-order valence-electron chi connectivity index (χ2n) is 6.91. The number of hydrogen-bond acceptors (Lipinski definition) is 6. The lowest BCUT2D eigenvalue weighted by Crippen LogP contribution is -2.62. The van der Waals surface area contributed by atoms with E-state index < -0.39 is 0 Å². The molecule has 1 saturated heterocycles. The van der Waals surface area contributed by atoms with Gasteiger partial charge in [-0.2, -0.15) is 4.98 Å². The molecule has 130 valence electrons. The molecule has 0 aromatic carbocycles. The SMILES string of the molecule is CCCCc1noc(CN2CCC3(CC2)C(O)CC3OCC)n1. The lowest BCUT2D eigenvalue weighted by Gasteiger charge is -2.56. The summed E-state index contributed by atoms with van der Waals surface area (Å²) in [6.07, 6.45) is 5.91. The standard InChI is InChI=1S/C17H29N3O3/c1-3-5-6-15-18-16(23-19-15)12-20-9-7-17(8-10-20)13(21)11-14(17)22-4-2/h13-14,21H,3-12H2,1-2H3. The molecular formula is C17H29N3O3. The minimum absolute atomic E-state index is 0.0202. The molecule has 2 heterocycles. The fraction of sp³-hybridized carbons (Fsp3) is 0.882. The summed E-state index contributed by atoms with van der Waals surface area (Å²) in [5.41, 5.74) is -0.0202. The maximum Gasteiger partial charge on any atom is 0.240 e. The van der Waals surface area contributed by atoms with Gasteiger partial charge in [-0.3, -0.25) is 4.90 Å². The number of aliphatic hydroxyl groups excluding tert-OH is 1. The van der Waals surface area contributed by atoms with Crippen LogP contribution in [0.15, 0.2) is 4.52 Å². The van der Waals surface area contributed by atoms with E-state index in [1.165, 1.54) is 0 Å². The number of rotatable bonds is 7. The van der Waals surface area contributed by atoms with Crippen LogP contribution in [0.1, 0.15) is 57.7 Å². The third kappa shape index (κ3) is 3.44. The summed E-state index contributed by atoms with van der Waals surface area (Å²) in [4.78, 5) is 6.82. The molecular weight excluding hydrogens is 294 g/mol. The highest BCUT2D eigenvalue weighted by molar-refractivity contribution is 5.06. The Morgan fingerprint density at radius 1 is 1.35 bits per heavy atom. The zero-order valence-electron chi connectivity index (χ0n) is 14.3. The van der Waals surface area contributed by atoms with Crippen LogP contribution in [0, 0.1) is 5.41 Å². The van der Waals surface area contributed by atoms with Gasteiger partial charge in [0.1, 0.15) is 0 Å². The monoisotopic (exact) mass is 323 g/mol. The third-order valence-electron chi connectivity index (χ3n) is 5.52. The van der Waals surface area contributed by atoms with Crippen LogP contribution in [0.4, 0.5) is 0 Å². The van der Waals surface area contributed by atoms with Crippen molar-refractivity contribution in [2.24, 2.45) is 5.41 Å². The summed E-state index contributed by atoms with van der Waals surface area (Å²) in [6.45, 7) is 7.53. The van der Waals surface area contributed by atoms with E-state index >= 15 is 0 Å². The Labute approximate surface area is 138 Å². The maximum atomic E-state index is 10.2. The molecule has 1 aliphatic carbocycles. The van der Waals surface area contributed by atoms with E-state index in [4.69, 9.17) is 9.26 Å². The fourth-order valence-corrected chi connectivity index (χ4v) is 3.93. The number of unbranched alkanes of at least 4 members (excludes halogenated alkanes) is 1. The van der Waals surface area contributed by atoms with Crippen LogP contribution >= 0.6 is 0 Å². The van der Waals surface area contributed by atoms with Gasteiger partial charge in [0.05, 0.1) is 18.8 Å². The van der Waals surface area contributed by atoms with E-state index in [1.54, 1.807) is 0 Å². The smallest absolute Gasteiger partial charge is 0.240 e. The van der Waals surface area contributed by atoms with E-state index in [1.807, 2.05) is 6.92 Å². The van der Waals surface area contributed by atoms with Crippen molar-refractivity contribution < 1.29 is 14.4 Å². The quantitative estimate of drug-likeness (QED) is 0.829. The van der Waals surface area contributed by atoms with Gasteiger partial charge in [-0.05, 0) is 39.3 Å². The number of ether oxygens (including phenoxy) is 1. The molecule has 0 amide bonds. The maximum absolute atomic E-state index is 10.2. The minimum atomic E-state index is -0.203. The first-order valence-corrected chi connectivity index (χ1v) is 9.01. The number of aliphatic hydroxyl groups is 1. The Morgan fingerprint density at radius 3 is 2.78 bits per heavy atom. The zero-order chi connectivity index (χ0) is 16.3. The number of aryl methyl sites for hydroxylation is 1. The molecule has 1 N–H and O–H groups in total. The summed E-state index contributed by atoms with van der Waals surface area (Å²) in [7, 11) is 0. The van der Waals surface area contributed by atoms with E-state index in [2.05, 4.69) is 22.0 Å². The lowest BCUT2D eigenvalue weighted by molar-refractivity contribution is -0.210. The van der Waals surface area contributed by atoms with Gasteiger partial charge in [-0.25, -0.2) is 0 Å². The number of piperidine rings is 1. The molecule has 1 aromatic rings. The van der Waals surface area contributed by atoms with Crippen LogP contribution < -0.4 is 0 Å². The van der Waals surface area contributed by atoms with Crippen molar-refractivity contribution in [1.82, 2.24) is 15.0 Å². The first-order valence-electron chi connectivity index (χ1n) is 9.01. The number of nitrogens with zero attached hydrogens (tertiary/aromatic N) is 3. The van der Waals surface area contributed by atoms with Crippen LogP contribution in [0.5, 0.6) is 0 Å². The van der Waals surface area contributed by atoms with Gasteiger partial charge in [-0.1, -0.05) is 18.5 Å². The summed E-state index contributed by atoms with van der Waals surface area (Å²) in [5.74, 6) is 1.53. The first kappa shape index (κ1) is 16.9. The van der Waals surface area contributed by atoms with Crippen molar-refractivity contribution in [3.05, 3.63) is 11.7 Å². The normalized spacial score (nSPS) is 27.3. The molecule has 2 atom stereocenters. The Kier molecular flexibility index (Phi) is 5.34. The Balaban J connectivity index is 1.50. The van der Waals surface area contributed by atoms with Crippen LogP contribution in [0.2, 0.25) is 0 Å². The topological polar surface area (TPSA) is 71.6 Å². The summed E-state index contributed by atoms with van der Waals surface area (Å²) < 4.78 is 11.2. The molecule has 1 saturated carbocycles. The molecule has 2 fully saturated rings. The molecule has 1 aliphatic heterocycles. The van der Waals surface area contributed by atoms with Crippen LogP contribution in [0.25, 0.3) is 0 Å². The molecule has 6 heteroatoms. The summed E-state index contributed by atoms with van der Waals surface area (Å²) >= 11 is 0. The van der Waals surface area contributed by atoms with Gasteiger partial charge in [0.2, 0.25) is 5.89 Å². The van der Waals surface area contributed by atoms with Gasteiger partial charge in [-0.15, -0.1) is 0 Å². The molecule has 3 rings (SSSR count). The van der Waals surface area contributed by atoms with Crippen molar-refractivity contribution in [3.8, 4) is 0 Å². The molecule has 1 aromatic heterocycles. The van der Waals surface area contributed by atoms with Crippen molar-refractivity contribution >= 4 is 0 Å². The highest BCUT2D eigenvalue weighted by atomic mass is 16.5. The van der Waals surface area contributed by atoms with Crippen molar-refractivity contribution in [1.29, 1.82) is 0 Å². The largest absolute Gasteiger partial charge is 0.392 e. The predicted molar refractivity (Wildman–Crippen MR) is 85.9 cm³/mol. The van der Waals surface area contributed by atoms with Gasteiger partial charge in [0.15, 0.2) is 5.82 Å². The van der Waals surface area contributed by atoms with Crippen molar-refractivity contribution in [2.45, 2.75) is 71.1 Å². The first-order chi connectivity index (χ1) is 11.2. The van der Waals surface area contributed by atoms with Crippen molar-refractivity contribution in [3.63, 3.8) is 0 Å². The highest BCUT2D eigenvalue weighted by Gasteiger charge is 2.55. The summed E-state index contributed by atoms with van der Waals surface area (Å²) in [5, 5.41) is 14.3. The zero-order valence-corrected chi connectivity index (χ0v) is 14.3. The van der Waals surface area contributed by atoms with Crippen LogP contribution in [-0.2, 0) is 17.7 Å². The Bertz CT molecular complexity index is 495. The highest BCUT2D eigenvalue weighted by Crippen LogP contribution is 2.51. The van der Waals surface area contributed by atoms with Crippen molar-refractivity contribution in [2.75, 3.05) is 19.7 Å². The second-order valence-corrected chi connectivity index (χ2v) is 6.91. The van der Waals surface area contributed by atoms with E-state index in [0.717, 1.165) is 64.0 Å². The fourth-order valence-electron chi connectivity index (χ4n) is 3.93. The number of hydrogen-bond donors (Lipinski definition) is 1. The van der Waals surface area contributed by atoms with E-state index in [9.17, 15) is 5.11 Å². The molecule has 2 unspecified atom stereocenters. The van der Waals surface area contributed by atoms with Crippen LogP contribution in [0.3, 0.4) is 0 Å². The molecule has 0 bridgehead atoms. The Hall–Kier alpha value is -0.980. The lowest BCUT2D eigenvalue weighted by atomic mass is 9.58. The van der Waals surface area contributed by atoms with E-state index in [-0.39, 0.29) is 17.6 Å². The van der Waals surface area contributed by atoms with Gasteiger partial charge >= 0.3 is 0 Å². The average Bonchev–Trinajstić information content (AvgIpc) is 3.01. The third-order valence-corrected chi connectivity index (χ3v) is 5.52. The van der Waals surface area contributed by atoms with Crippen LogP contribution in [-0.4, -0.2) is 52.1 Å². The molecule has 6 nitrogen and oxygen atoms in total. The number of likely N-dealkylation sites (tertiary alicyclic amines) is 1. The van der Waals surface area contributed by atoms with E-state index in [0.29, 0.717) is 12.4 Å². The van der Waals surface area contributed by atoms with Gasteiger partial charge in [0, 0.05) is 24.9 Å². The molecule has 23 heavy (non-hydrogen) atoms. The average molecular weight is 323 g/mol. The number of aromatic nitrogens is 2. The minimum Gasteiger partial charge on any atom is -0.392 e. The van der Waals surface area contributed by atoms with Gasteiger partial charge in [0.25, 0.3) is 0 Å². The predicted octanol–water partition coefficient (Wildman–Crippen LogP) is 2.16. The molecule has 2 aliphatic rings. The second kappa shape index (κ2) is 7.28. The Morgan fingerprint density at radius 2 is 2.13 bits per heavy atom.